The molecule has 0 aliphatic carbocycles. The number of rotatable bonds is 3. The van der Waals surface area contributed by atoms with Crippen molar-refractivity contribution in [1.29, 1.82) is 0 Å². The number of hydrogen-bond acceptors (Lipinski definition) is 5. The van der Waals surface area contributed by atoms with E-state index in [9.17, 15) is 0 Å². The Hall–Kier alpha value is -1.43. The van der Waals surface area contributed by atoms with Crippen molar-refractivity contribution in [3.63, 3.8) is 0 Å². The van der Waals surface area contributed by atoms with Crippen molar-refractivity contribution in [2.24, 2.45) is 0 Å². The van der Waals surface area contributed by atoms with E-state index in [-0.39, 0.29) is 0 Å². The Morgan fingerprint density at radius 2 is 1.95 bits per heavy atom. The van der Waals surface area contributed by atoms with E-state index in [1.807, 2.05) is 18.2 Å². The first kappa shape index (κ1) is 12.6. The minimum atomic E-state index is 0.511. The second-order valence-corrected chi connectivity index (χ2v) is 5.19. The van der Waals surface area contributed by atoms with Crippen LogP contribution in [0.25, 0.3) is 11.0 Å². The molecule has 0 aliphatic rings. The van der Waals surface area contributed by atoms with Crippen molar-refractivity contribution in [2.75, 3.05) is 5.32 Å². The van der Waals surface area contributed by atoms with Crippen molar-refractivity contribution >= 4 is 51.7 Å². The lowest BCUT2D eigenvalue weighted by Gasteiger charge is -2.09. The lowest BCUT2D eigenvalue weighted by Crippen LogP contribution is -2.02. The Kier molecular flexibility index (Phi) is 3.50. The van der Waals surface area contributed by atoms with Crippen LogP contribution in [0.4, 0.5) is 5.69 Å². The van der Waals surface area contributed by atoms with Crippen molar-refractivity contribution in [1.82, 2.24) is 13.7 Å². The van der Waals surface area contributed by atoms with E-state index >= 15 is 0 Å². The molecule has 0 saturated carbocycles. The van der Waals surface area contributed by atoms with Crippen LogP contribution in [-0.4, -0.2) is 13.7 Å². The van der Waals surface area contributed by atoms with Gasteiger partial charge in [-0.25, -0.2) is 0 Å². The molecular weight excluding hydrogens is 303 g/mol. The van der Waals surface area contributed by atoms with Gasteiger partial charge in [0, 0.05) is 6.20 Å². The van der Waals surface area contributed by atoms with Crippen LogP contribution in [0.2, 0.25) is 10.0 Å². The lowest BCUT2D eigenvalue weighted by atomic mass is 10.2. The highest BCUT2D eigenvalue weighted by atomic mass is 35.5. The maximum Gasteiger partial charge on any atom is 0.130 e. The average molecular weight is 311 g/mol. The third-order valence-electron chi connectivity index (χ3n) is 2.62. The molecule has 0 fully saturated rings. The van der Waals surface area contributed by atoms with E-state index in [2.05, 4.69) is 19.0 Å². The molecule has 7 heteroatoms. The molecule has 1 aromatic carbocycles. The van der Waals surface area contributed by atoms with Crippen LogP contribution in [0.5, 0.6) is 0 Å². The van der Waals surface area contributed by atoms with Gasteiger partial charge in [-0.1, -0.05) is 29.3 Å². The smallest absolute Gasteiger partial charge is 0.130 e. The first-order chi connectivity index (χ1) is 9.25. The van der Waals surface area contributed by atoms with Gasteiger partial charge in [-0.2, -0.15) is 8.75 Å². The maximum absolute atomic E-state index is 6.20. The number of pyridine rings is 1. The molecule has 0 saturated heterocycles. The predicted octanol–water partition coefficient (Wildman–Crippen LogP) is 4.01. The Morgan fingerprint density at radius 3 is 2.74 bits per heavy atom. The van der Waals surface area contributed by atoms with Crippen molar-refractivity contribution in [3.05, 3.63) is 46.2 Å². The number of benzene rings is 1. The zero-order valence-corrected chi connectivity index (χ0v) is 11.9. The van der Waals surface area contributed by atoms with Crippen molar-refractivity contribution in [2.45, 2.75) is 6.54 Å². The number of nitrogens with one attached hydrogen (secondary N) is 1. The third kappa shape index (κ3) is 2.49. The monoisotopic (exact) mass is 310 g/mol. The predicted molar refractivity (Wildman–Crippen MR) is 79.0 cm³/mol. The number of aromatic nitrogens is 3. The van der Waals surface area contributed by atoms with E-state index in [1.54, 1.807) is 12.3 Å². The van der Waals surface area contributed by atoms with Gasteiger partial charge in [0.1, 0.15) is 11.0 Å². The highest BCUT2D eigenvalue weighted by Gasteiger charge is 2.13. The molecule has 0 amide bonds. The van der Waals surface area contributed by atoms with Crippen molar-refractivity contribution < 1.29 is 0 Å². The van der Waals surface area contributed by atoms with Crippen LogP contribution in [0.15, 0.2) is 30.5 Å². The molecule has 19 heavy (non-hydrogen) atoms. The summed E-state index contributed by atoms with van der Waals surface area (Å²) < 4.78 is 8.39. The number of nitrogens with zero attached hydrogens (tertiary/aromatic N) is 3. The molecule has 96 valence electrons. The number of halogens is 2. The molecule has 0 aliphatic heterocycles. The van der Waals surface area contributed by atoms with Crippen LogP contribution < -0.4 is 5.32 Å². The molecule has 3 rings (SSSR count). The molecule has 1 N–H and O–H groups in total. The first-order valence-corrected chi connectivity index (χ1v) is 6.98. The summed E-state index contributed by atoms with van der Waals surface area (Å²) >= 11 is 13.4. The minimum absolute atomic E-state index is 0.511. The molecule has 0 radical (unpaired) electrons. The summed E-state index contributed by atoms with van der Waals surface area (Å²) in [6.07, 6.45) is 1.75. The van der Waals surface area contributed by atoms with E-state index in [0.29, 0.717) is 27.6 Å². The number of fused-ring (bicyclic) bond motifs is 1. The maximum atomic E-state index is 6.20. The van der Waals surface area contributed by atoms with Gasteiger partial charge in [-0.15, -0.1) is 0 Å². The second kappa shape index (κ2) is 5.28. The largest absolute Gasteiger partial charge is 0.376 e. The highest BCUT2D eigenvalue weighted by Crippen LogP contribution is 2.35. The minimum Gasteiger partial charge on any atom is -0.376 e. The molecule has 3 aromatic rings. The van der Waals surface area contributed by atoms with Gasteiger partial charge in [0.15, 0.2) is 0 Å². The zero-order chi connectivity index (χ0) is 13.2. The summed E-state index contributed by atoms with van der Waals surface area (Å²) in [5, 5.41) is 4.28. The van der Waals surface area contributed by atoms with Gasteiger partial charge < -0.3 is 5.32 Å². The van der Waals surface area contributed by atoms with Gasteiger partial charge in [0.05, 0.1) is 39.7 Å². The fraction of sp³-hybridized carbons (Fsp3) is 0.0833. The van der Waals surface area contributed by atoms with Gasteiger partial charge in [0.25, 0.3) is 0 Å². The zero-order valence-electron chi connectivity index (χ0n) is 9.60. The molecule has 2 heterocycles. The Labute approximate surface area is 123 Å². The highest BCUT2D eigenvalue weighted by molar-refractivity contribution is 7.00. The van der Waals surface area contributed by atoms with E-state index in [0.717, 1.165) is 23.1 Å². The van der Waals surface area contributed by atoms with Crippen LogP contribution in [0.3, 0.4) is 0 Å². The molecule has 0 spiro atoms. The molecular formula is C12H8Cl2N4S. The first-order valence-electron chi connectivity index (χ1n) is 5.50. The van der Waals surface area contributed by atoms with Gasteiger partial charge in [-0.3, -0.25) is 4.98 Å². The Morgan fingerprint density at radius 1 is 1.11 bits per heavy atom. The fourth-order valence-corrected chi connectivity index (χ4v) is 2.90. The summed E-state index contributed by atoms with van der Waals surface area (Å²) in [5.74, 6) is 0. The molecule has 0 atom stereocenters. The summed E-state index contributed by atoms with van der Waals surface area (Å²) in [7, 11) is 0. The normalized spacial score (nSPS) is 10.8. The Balaban J connectivity index is 1.95. The summed E-state index contributed by atoms with van der Waals surface area (Å²) in [6, 6.07) is 7.43. The van der Waals surface area contributed by atoms with Gasteiger partial charge in [0.2, 0.25) is 0 Å². The number of hydrogen-bond donors (Lipinski definition) is 1. The quantitative estimate of drug-likeness (QED) is 0.794. The molecule has 4 nitrogen and oxygen atoms in total. The lowest BCUT2D eigenvalue weighted by molar-refractivity contribution is 1.05. The summed E-state index contributed by atoms with van der Waals surface area (Å²) in [5.41, 5.74) is 3.02. The van der Waals surface area contributed by atoms with Gasteiger partial charge in [-0.05, 0) is 18.2 Å². The van der Waals surface area contributed by atoms with Crippen LogP contribution in [0, 0.1) is 0 Å². The summed E-state index contributed by atoms with van der Waals surface area (Å²) in [4.78, 5) is 4.24. The summed E-state index contributed by atoms with van der Waals surface area (Å²) in [6.45, 7) is 0.564. The van der Waals surface area contributed by atoms with E-state index in [1.165, 1.54) is 0 Å². The van der Waals surface area contributed by atoms with E-state index < -0.39 is 0 Å². The molecule has 0 bridgehead atoms. The fourth-order valence-electron chi connectivity index (χ4n) is 1.72. The second-order valence-electron chi connectivity index (χ2n) is 3.85. The topological polar surface area (TPSA) is 50.7 Å². The SMILES string of the molecule is Clc1cc(Cl)c2nsnc2c1NCc1ccccn1. The molecule has 0 unspecified atom stereocenters. The standard InChI is InChI=1S/C12H8Cl2N4S/c13-8-5-9(14)11-12(18-19-17-11)10(8)16-6-7-3-1-2-4-15-7/h1-5,16H,6H2. The molecule has 2 aromatic heterocycles. The van der Waals surface area contributed by atoms with Crippen molar-refractivity contribution in [3.8, 4) is 0 Å². The number of anilines is 1. The van der Waals surface area contributed by atoms with Crippen LogP contribution >= 0.6 is 34.9 Å². The average Bonchev–Trinajstić information content (AvgIpc) is 2.89. The Bertz CT molecular complexity index is 714. The van der Waals surface area contributed by atoms with E-state index in [4.69, 9.17) is 23.2 Å². The van der Waals surface area contributed by atoms with Crippen LogP contribution in [-0.2, 0) is 6.54 Å². The third-order valence-corrected chi connectivity index (χ3v) is 3.73. The van der Waals surface area contributed by atoms with Gasteiger partial charge >= 0.3 is 0 Å². The van der Waals surface area contributed by atoms with Crippen LogP contribution in [0.1, 0.15) is 5.69 Å².